The highest BCUT2D eigenvalue weighted by Gasteiger charge is 2.70. The van der Waals surface area contributed by atoms with Gasteiger partial charge >= 0.3 is 0 Å². The van der Waals surface area contributed by atoms with Crippen molar-refractivity contribution in [2.45, 2.75) is 31.3 Å². The molecule has 3 aliphatic heterocycles. The highest BCUT2D eigenvalue weighted by Crippen LogP contribution is 2.58. The summed E-state index contributed by atoms with van der Waals surface area (Å²) >= 11 is 0. The molecule has 1 aromatic heterocycles. The molecule has 0 aliphatic carbocycles. The zero-order valence-corrected chi connectivity index (χ0v) is 22.2. The Labute approximate surface area is 232 Å². The molecule has 0 saturated carbocycles. The number of nitrogens with zero attached hydrogens (tertiary/aromatic N) is 2. The molecule has 0 radical (unpaired) electrons. The number of hydrogen-bond acceptors (Lipinski definition) is 5. The van der Waals surface area contributed by atoms with E-state index in [1.54, 1.807) is 36.7 Å². The number of carbonyl (C=O) groups excluding carboxylic acids is 3. The molecule has 3 aliphatic rings. The third-order valence-electron chi connectivity index (χ3n) is 8.71. The molecule has 1 spiro atoms. The SMILES string of the molecule is CC1=CC2N(c3ccc(C)cc31)C(C(=O)c1ccccc1)C(C(=O)c1ccncc1)C21C(=O)Nc2ccccc21. The minimum atomic E-state index is -1.32. The van der Waals surface area contributed by atoms with E-state index >= 15 is 0 Å². The van der Waals surface area contributed by atoms with E-state index in [9.17, 15) is 14.4 Å². The molecule has 3 aromatic carbocycles. The quantitative estimate of drug-likeness (QED) is 0.349. The molecule has 6 nitrogen and oxygen atoms in total. The van der Waals surface area contributed by atoms with Crippen LogP contribution in [0.2, 0.25) is 0 Å². The lowest BCUT2D eigenvalue weighted by Crippen LogP contribution is -2.51. The van der Waals surface area contributed by atoms with Crippen molar-refractivity contribution in [2.24, 2.45) is 5.92 Å². The summed E-state index contributed by atoms with van der Waals surface area (Å²) < 4.78 is 0. The van der Waals surface area contributed by atoms with Gasteiger partial charge in [0, 0.05) is 40.5 Å². The van der Waals surface area contributed by atoms with Crippen LogP contribution in [0.5, 0.6) is 0 Å². The Kier molecular flexibility index (Phi) is 5.36. The molecule has 196 valence electrons. The smallest absolute Gasteiger partial charge is 0.238 e. The van der Waals surface area contributed by atoms with Crippen LogP contribution in [0.3, 0.4) is 0 Å². The van der Waals surface area contributed by atoms with E-state index in [1.165, 1.54) is 0 Å². The summed E-state index contributed by atoms with van der Waals surface area (Å²) in [5.41, 5.74) is 4.98. The van der Waals surface area contributed by atoms with Crippen molar-refractivity contribution in [3.63, 3.8) is 0 Å². The average Bonchev–Trinajstić information content (AvgIpc) is 3.45. The largest absolute Gasteiger partial charge is 0.352 e. The molecule has 4 heterocycles. The van der Waals surface area contributed by atoms with E-state index in [4.69, 9.17) is 0 Å². The van der Waals surface area contributed by atoms with Gasteiger partial charge in [0.25, 0.3) is 0 Å². The van der Waals surface area contributed by atoms with Gasteiger partial charge in [0.1, 0.15) is 11.5 Å². The van der Waals surface area contributed by atoms with E-state index in [0.29, 0.717) is 16.8 Å². The van der Waals surface area contributed by atoms with Gasteiger partial charge in [0.05, 0.1) is 12.0 Å². The standard InChI is InChI=1S/C34H27N3O3/c1-20-12-13-27-24(18-20)21(2)19-28-34(25-10-6-7-11-26(25)36-33(34)40)29(31(38)23-14-16-35-17-15-23)30(37(27)28)32(39)22-8-4-3-5-9-22/h3-19,28-30H,1-2H3,(H,36,40). The highest BCUT2D eigenvalue weighted by molar-refractivity contribution is 6.18. The number of hydrogen-bond donors (Lipinski definition) is 1. The van der Waals surface area contributed by atoms with Gasteiger partial charge in [0.15, 0.2) is 11.6 Å². The molecule has 0 bridgehead atoms. The second-order valence-corrected chi connectivity index (χ2v) is 10.8. The van der Waals surface area contributed by atoms with E-state index < -0.39 is 23.4 Å². The van der Waals surface area contributed by atoms with Crippen LogP contribution < -0.4 is 10.2 Å². The molecule has 4 aromatic rings. The Bertz CT molecular complexity index is 1730. The molecule has 1 fully saturated rings. The van der Waals surface area contributed by atoms with Gasteiger partial charge in [-0.1, -0.05) is 66.2 Å². The third kappa shape index (κ3) is 3.22. The number of allylic oxidation sites excluding steroid dienone is 1. The van der Waals surface area contributed by atoms with Gasteiger partial charge in [-0.25, -0.2) is 0 Å². The summed E-state index contributed by atoms with van der Waals surface area (Å²) in [5.74, 6) is -1.70. The first-order valence-electron chi connectivity index (χ1n) is 13.4. The van der Waals surface area contributed by atoms with Crippen LogP contribution in [0.4, 0.5) is 11.4 Å². The molecule has 7 rings (SSSR count). The van der Waals surface area contributed by atoms with Crippen molar-refractivity contribution in [1.29, 1.82) is 0 Å². The van der Waals surface area contributed by atoms with E-state index in [2.05, 4.69) is 22.4 Å². The van der Waals surface area contributed by atoms with Gasteiger partial charge in [-0.05, 0) is 55.3 Å². The summed E-state index contributed by atoms with van der Waals surface area (Å²) in [7, 11) is 0. The number of rotatable bonds is 4. The predicted octanol–water partition coefficient (Wildman–Crippen LogP) is 5.64. The number of benzene rings is 3. The summed E-state index contributed by atoms with van der Waals surface area (Å²) in [5, 5.41) is 3.08. The molecule has 1 saturated heterocycles. The zero-order valence-electron chi connectivity index (χ0n) is 22.2. The Morgan fingerprint density at radius 1 is 0.850 bits per heavy atom. The monoisotopic (exact) mass is 525 g/mol. The second kappa shape index (κ2) is 8.85. The predicted molar refractivity (Wildman–Crippen MR) is 154 cm³/mol. The highest BCUT2D eigenvalue weighted by atomic mass is 16.2. The lowest BCUT2D eigenvalue weighted by Gasteiger charge is -2.39. The van der Waals surface area contributed by atoms with Crippen molar-refractivity contribution in [1.82, 2.24) is 4.98 Å². The molecule has 40 heavy (non-hydrogen) atoms. The van der Waals surface area contributed by atoms with Crippen LogP contribution in [-0.2, 0) is 10.2 Å². The van der Waals surface area contributed by atoms with Gasteiger partial charge in [-0.2, -0.15) is 0 Å². The van der Waals surface area contributed by atoms with E-state index in [-0.39, 0.29) is 17.5 Å². The summed E-state index contributed by atoms with van der Waals surface area (Å²) in [6.07, 6.45) is 5.22. The fraction of sp³-hybridized carbons (Fsp3) is 0.176. The topological polar surface area (TPSA) is 79.4 Å². The third-order valence-corrected chi connectivity index (χ3v) is 8.71. The Morgan fingerprint density at radius 3 is 2.33 bits per heavy atom. The molecular weight excluding hydrogens is 498 g/mol. The number of para-hydroxylation sites is 1. The van der Waals surface area contributed by atoms with Crippen molar-refractivity contribution >= 4 is 34.4 Å². The number of fused-ring (bicyclic) bond motifs is 6. The maximum absolute atomic E-state index is 14.7. The molecule has 1 N–H and O–H groups in total. The van der Waals surface area contributed by atoms with Crippen LogP contribution in [0.15, 0.2) is 103 Å². The summed E-state index contributed by atoms with van der Waals surface area (Å²) in [6, 6.07) is 24.6. The van der Waals surface area contributed by atoms with Gasteiger partial charge in [-0.3, -0.25) is 19.4 Å². The Balaban J connectivity index is 1.57. The summed E-state index contributed by atoms with van der Waals surface area (Å²) in [6.45, 7) is 4.07. The van der Waals surface area contributed by atoms with Crippen LogP contribution in [0.1, 0.15) is 44.3 Å². The van der Waals surface area contributed by atoms with Gasteiger partial charge in [-0.15, -0.1) is 0 Å². The van der Waals surface area contributed by atoms with Gasteiger partial charge < -0.3 is 10.2 Å². The molecule has 6 heteroatoms. The maximum Gasteiger partial charge on any atom is 0.238 e. The van der Waals surface area contributed by atoms with Crippen LogP contribution in [-0.4, -0.2) is 34.5 Å². The fourth-order valence-electron chi connectivity index (χ4n) is 7.01. The van der Waals surface area contributed by atoms with Crippen molar-refractivity contribution < 1.29 is 14.4 Å². The normalized spacial score (nSPS) is 24.1. The Hall–Kier alpha value is -4.84. The molecule has 4 atom stereocenters. The lowest BCUT2D eigenvalue weighted by molar-refractivity contribution is -0.121. The zero-order chi connectivity index (χ0) is 27.6. The number of carbonyl (C=O) groups is 3. The molecular formula is C34H27N3O3. The van der Waals surface area contributed by atoms with Crippen LogP contribution in [0.25, 0.3) is 5.57 Å². The first-order chi connectivity index (χ1) is 19.4. The van der Waals surface area contributed by atoms with Crippen molar-refractivity contribution in [3.05, 3.63) is 131 Å². The number of amides is 1. The van der Waals surface area contributed by atoms with Crippen molar-refractivity contribution in [2.75, 3.05) is 10.2 Å². The number of aryl methyl sites for hydroxylation is 1. The lowest BCUT2D eigenvalue weighted by atomic mass is 9.64. The molecule has 4 unspecified atom stereocenters. The number of Topliss-reactive ketones (excluding diaryl/α,β-unsaturated/α-hetero) is 2. The number of pyridine rings is 1. The first kappa shape index (κ1) is 24.2. The van der Waals surface area contributed by atoms with Crippen LogP contribution >= 0.6 is 0 Å². The van der Waals surface area contributed by atoms with E-state index in [1.807, 2.05) is 73.3 Å². The van der Waals surface area contributed by atoms with Crippen molar-refractivity contribution in [3.8, 4) is 0 Å². The minimum absolute atomic E-state index is 0.188. The average molecular weight is 526 g/mol. The van der Waals surface area contributed by atoms with Gasteiger partial charge in [0.2, 0.25) is 5.91 Å². The first-order valence-corrected chi connectivity index (χ1v) is 13.4. The number of anilines is 2. The fourth-order valence-corrected chi connectivity index (χ4v) is 7.01. The number of ketones is 2. The summed E-state index contributed by atoms with van der Waals surface area (Å²) in [4.78, 5) is 49.8. The number of nitrogens with one attached hydrogen (secondary N) is 1. The second-order valence-electron chi connectivity index (χ2n) is 10.8. The Morgan fingerprint density at radius 2 is 1.55 bits per heavy atom. The van der Waals surface area contributed by atoms with Crippen LogP contribution in [0, 0.1) is 12.8 Å². The molecule has 1 amide bonds. The minimum Gasteiger partial charge on any atom is -0.352 e. The van der Waals surface area contributed by atoms with E-state index in [0.717, 1.165) is 28.0 Å². The number of aromatic nitrogens is 1. The maximum atomic E-state index is 14.7.